The highest BCUT2D eigenvalue weighted by Gasteiger charge is 2.12. The van der Waals surface area contributed by atoms with Crippen LogP contribution in [-0.2, 0) is 0 Å². The zero-order chi connectivity index (χ0) is 14.3. The molecule has 1 heterocycles. The smallest absolute Gasteiger partial charge is 0.182 e. The number of nitrogens with one attached hydrogen (secondary N) is 1. The van der Waals surface area contributed by atoms with Crippen LogP contribution in [0.4, 0.5) is 0 Å². The van der Waals surface area contributed by atoms with Crippen LogP contribution in [0.5, 0.6) is 0 Å². The molecule has 2 aromatic carbocycles. The largest absolute Gasteiger partial charge is 0.330 e. The summed E-state index contributed by atoms with van der Waals surface area (Å²) >= 11 is 5.53. The lowest BCUT2D eigenvalue weighted by Gasteiger charge is -2.14. The summed E-state index contributed by atoms with van der Waals surface area (Å²) in [6, 6.07) is 14.8. The Bertz CT molecular complexity index is 824. The second-order valence-electron chi connectivity index (χ2n) is 5.50. The number of nitrogens with zero attached hydrogens (tertiary/aromatic N) is 1. The molecular formula is C17H18N2S. The Balaban J connectivity index is 2.38. The second-order valence-corrected chi connectivity index (χ2v) is 5.89. The van der Waals surface area contributed by atoms with Gasteiger partial charge in [-0.1, -0.05) is 38.1 Å². The summed E-state index contributed by atoms with van der Waals surface area (Å²) in [6.45, 7) is 6.53. The Labute approximate surface area is 124 Å². The molecule has 1 N–H and O–H groups in total. The zero-order valence-electron chi connectivity index (χ0n) is 12.0. The van der Waals surface area contributed by atoms with Crippen molar-refractivity contribution >= 4 is 23.3 Å². The first-order chi connectivity index (χ1) is 9.58. The maximum Gasteiger partial charge on any atom is 0.182 e. The van der Waals surface area contributed by atoms with Crippen molar-refractivity contribution in [1.82, 2.24) is 9.55 Å². The van der Waals surface area contributed by atoms with Crippen LogP contribution >= 0.6 is 12.2 Å². The molecule has 0 radical (unpaired) electrons. The number of rotatable bonds is 2. The fourth-order valence-corrected chi connectivity index (χ4v) is 2.94. The SMILES string of the molecule is Cc1ccc2[nH]c(=S)n(-c3ccccc3C(C)C)c2c1. The molecule has 0 saturated carbocycles. The monoisotopic (exact) mass is 282 g/mol. The summed E-state index contributed by atoms with van der Waals surface area (Å²) in [5.74, 6) is 0.461. The van der Waals surface area contributed by atoms with Gasteiger partial charge in [0.15, 0.2) is 4.77 Å². The molecule has 2 nitrogen and oxygen atoms in total. The molecule has 3 aromatic rings. The highest BCUT2D eigenvalue weighted by molar-refractivity contribution is 7.71. The number of aromatic nitrogens is 2. The highest BCUT2D eigenvalue weighted by Crippen LogP contribution is 2.27. The third kappa shape index (κ3) is 2.08. The molecule has 0 aliphatic carbocycles. The maximum absolute atomic E-state index is 5.53. The van der Waals surface area contributed by atoms with E-state index in [1.165, 1.54) is 16.8 Å². The average molecular weight is 282 g/mol. The van der Waals surface area contributed by atoms with Crippen LogP contribution in [0.15, 0.2) is 42.5 Å². The predicted molar refractivity (Wildman–Crippen MR) is 87.3 cm³/mol. The minimum atomic E-state index is 0.461. The lowest BCUT2D eigenvalue weighted by molar-refractivity contribution is 0.848. The van der Waals surface area contributed by atoms with E-state index in [9.17, 15) is 0 Å². The van der Waals surface area contributed by atoms with Gasteiger partial charge in [0.25, 0.3) is 0 Å². The average Bonchev–Trinajstić information content (AvgIpc) is 2.74. The molecule has 0 atom stereocenters. The predicted octanol–water partition coefficient (Wildman–Crippen LogP) is 5.12. The normalized spacial score (nSPS) is 11.4. The van der Waals surface area contributed by atoms with E-state index in [1.807, 2.05) is 0 Å². The van der Waals surface area contributed by atoms with Crippen molar-refractivity contribution in [3.05, 3.63) is 58.4 Å². The first-order valence-electron chi connectivity index (χ1n) is 6.88. The van der Waals surface area contributed by atoms with Gasteiger partial charge in [-0.3, -0.25) is 4.57 Å². The molecule has 0 amide bonds. The molecule has 0 aliphatic heterocycles. The van der Waals surface area contributed by atoms with Crippen molar-refractivity contribution in [3.8, 4) is 5.69 Å². The first-order valence-corrected chi connectivity index (χ1v) is 7.29. The van der Waals surface area contributed by atoms with Gasteiger partial charge in [-0.05, 0) is 54.4 Å². The highest BCUT2D eigenvalue weighted by atomic mass is 32.1. The Morgan fingerprint density at radius 1 is 1.10 bits per heavy atom. The maximum atomic E-state index is 5.53. The van der Waals surface area contributed by atoms with Gasteiger partial charge in [0.2, 0.25) is 0 Å². The minimum Gasteiger partial charge on any atom is -0.330 e. The molecule has 102 valence electrons. The number of hydrogen-bond acceptors (Lipinski definition) is 1. The molecular weight excluding hydrogens is 264 g/mol. The fourth-order valence-electron chi connectivity index (χ4n) is 2.63. The molecule has 1 aromatic heterocycles. The van der Waals surface area contributed by atoms with E-state index in [-0.39, 0.29) is 0 Å². The van der Waals surface area contributed by atoms with E-state index in [4.69, 9.17) is 12.2 Å². The van der Waals surface area contributed by atoms with Gasteiger partial charge < -0.3 is 4.98 Å². The van der Waals surface area contributed by atoms with Crippen molar-refractivity contribution in [2.75, 3.05) is 0 Å². The van der Waals surface area contributed by atoms with E-state index in [2.05, 4.69) is 72.8 Å². The van der Waals surface area contributed by atoms with Crippen LogP contribution in [0, 0.1) is 11.7 Å². The summed E-state index contributed by atoms with van der Waals surface area (Å²) in [7, 11) is 0. The van der Waals surface area contributed by atoms with Crippen LogP contribution in [0.25, 0.3) is 16.7 Å². The molecule has 0 saturated heterocycles. The van der Waals surface area contributed by atoms with E-state index in [0.717, 1.165) is 15.8 Å². The summed E-state index contributed by atoms with van der Waals surface area (Å²) in [5, 5.41) is 0. The first kappa shape index (κ1) is 13.1. The van der Waals surface area contributed by atoms with E-state index >= 15 is 0 Å². The zero-order valence-corrected chi connectivity index (χ0v) is 12.8. The van der Waals surface area contributed by atoms with Crippen molar-refractivity contribution in [2.45, 2.75) is 26.7 Å². The van der Waals surface area contributed by atoms with E-state index in [0.29, 0.717) is 5.92 Å². The lowest BCUT2D eigenvalue weighted by atomic mass is 10.0. The summed E-state index contributed by atoms with van der Waals surface area (Å²) in [5.41, 5.74) is 5.94. The number of H-pyrrole nitrogens is 1. The topological polar surface area (TPSA) is 20.7 Å². The van der Waals surface area contributed by atoms with Gasteiger partial charge in [0.05, 0.1) is 16.7 Å². The van der Waals surface area contributed by atoms with Crippen molar-refractivity contribution in [2.24, 2.45) is 0 Å². The summed E-state index contributed by atoms with van der Waals surface area (Å²) < 4.78 is 2.89. The van der Waals surface area contributed by atoms with Crippen LogP contribution in [-0.4, -0.2) is 9.55 Å². The Kier molecular flexibility index (Phi) is 3.22. The van der Waals surface area contributed by atoms with Crippen molar-refractivity contribution in [3.63, 3.8) is 0 Å². The Hall–Kier alpha value is -1.87. The number of aryl methyl sites for hydroxylation is 1. The minimum absolute atomic E-state index is 0.461. The summed E-state index contributed by atoms with van der Waals surface area (Å²) in [4.78, 5) is 3.30. The van der Waals surface area contributed by atoms with Gasteiger partial charge >= 0.3 is 0 Å². The van der Waals surface area contributed by atoms with Crippen LogP contribution in [0.2, 0.25) is 0 Å². The van der Waals surface area contributed by atoms with Crippen LogP contribution < -0.4 is 0 Å². The number of aromatic amines is 1. The number of benzene rings is 2. The van der Waals surface area contributed by atoms with Gasteiger partial charge in [-0.25, -0.2) is 0 Å². The summed E-state index contributed by atoms with van der Waals surface area (Å²) in [6.07, 6.45) is 0. The van der Waals surface area contributed by atoms with Gasteiger partial charge in [-0.2, -0.15) is 0 Å². The van der Waals surface area contributed by atoms with Gasteiger partial charge in [-0.15, -0.1) is 0 Å². The number of fused-ring (bicyclic) bond motifs is 1. The van der Waals surface area contributed by atoms with Gasteiger partial charge in [0, 0.05) is 0 Å². The Morgan fingerprint density at radius 3 is 2.60 bits per heavy atom. The third-order valence-electron chi connectivity index (χ3n) is 3.64. The molecule has 0 spiro atoms. The lowest BCUT2D eigenvalue weighted by Crippen LogP contribution is -2.01. The number of hydrogen-bond donors (Lipinski definition) is 1. The molecule has 0 fully saturated rings. The number of imidazole rings is 1. The molecule has 3 rings (SSSR count). The van der Waals surface area contributed by atoms with Crippen molar-refractivity contribution < 1.29 is 0 Å². The van der Waals surface area contributed by atoms with E-state index in [1.54, 1.807) is 0 Å². The third-order valence-corrected chi connectivity index (χ3v) is 3.92. The van der Waals surface area contributed by atoms with Gasteiger partial charge in [0.1, 0.15) is 0 Å². The quantitative estimate of drug-likeness (QED) is 0.647. The van der Waals surface area contributed by atoms with E-state index < -0.39 is 0 Å². The molecule has 0 aliphatic rings. The van der Waals surface area contributed by atoms with Crippen LogP contribution in [0.3, 0.4) is 0 Å². The second kappa shape index (κ2) is 4.91. The van der Waals surface area contributed by atoms with Crippen LogP contribution in [0.1, 0.15) is 30.9 Å². The molecule has 0 bridgehead atoms. The molecule has 0 unspecified atom stereocenters. The number of para-hydroxylation sites is 1. The molecule has 3 heteroatoms. The fraction of sp³-hybridized carbons (Fsp3) is 0.235. The Morgan fingerprint density at radius 2 is 1.85 bits per heavy atom. The molecule has 20 heavy (non-hydrogen) atoms. The van der Waals surface area contributed by atoms with Crippen molar-refractivity contribution in [1.29, 1.82) is 0 Å². The standard InChI is InChI=1S/C17H18N2S/c1-11(2)13-6-4-5-7-15(13)19-16-10-12(3)8-9-14(16)18-17(19)20/h4-11H,1-3H3,(H,18,20).